The van der Waals surface area contributed by atoms with Crippen LogP contribution >= 0.6 is 11.3 Å². The molecule has 0 atom stereocenters. The number of anilines is 2. The molecular weight excluding hydrogens is 426 g/mol. The summed E-state index contributed by atoms with van der Waals surface area (Å²) in [7, 11) is 1.53. The van der Waals surface area contributed by atoms with E-state index in [-0.39, 0.29) is 0 Å². The number of hydrogen-bond donors (Lipinski definition) is 1. The molecule has 0 radical (unpaired) electrons. The maximum atomic E-state index is 12.5. The third-order valence-corrected chi connectivity index (χ3v) is 5.56. The number of aromatic nitrogens is 2. The summed E-state index contributed by atoms with van der Waals surface area (Å²) in [6, 6.07) is 24.2. The van der Waals surface area contributed by atoms with Gasteiger partial charge in [0, 0.05) is 11.1 Å². The third kappa shape index (κ3) is 4.03. The summed E-state index contributed by atoms with van der Waals surface area (Å²) >= 11 is 1.26. The summed E-state index contributed by atoms with van der Waals surface area (Å²) in [5.74, 6) is 2.00. The molecule has 0 aliphatic heterocycles. The minimum Gasteiger partial charge on any atom is -0.493 e. The molecule has 0 unspecified atom stereocenters. The molecule has 32 heavy (non-hydrogen) atoms. The zero-order valence-corrected chi connectivity index (χ0v) is 17.8. The fraction of sp³-hybridized carbons (Fsp3) is 0.0417. The molecule has 158 valence electrons. The number of benzene rings is 3. The lowest BCUT2D eigenvalue weighted by Crippen LogP contribution is -2.03. The first-order valence-corrected chi connectivity index (χ1v) is 10.6. The predicted octanol–water partition coefficient (Wildman–Crippen LogP) is 5.86. The van der Waals surface area contributed by atoms with Gasteiger partial charge in [0.2, 0.25) is 5.13 Å². The van der Waals surface area contributed by atoms with Crippen molar-refractivity contribution in [1.82, 2.24) is 10.2 Å². The van der Waals surface area contributed by atoms with Crippen molar-refractivity contribution < 1.29 is 13.9 Å². The van der Waals surface area contributed by atoms with Crippen LogP contribution in [0.1, 0.15) is 0 Å². The summed E-state index contributed by atoms with van der Waals surface area (Å²) in [4.78, 5) is 12.5. The quantitative estimate of drug-likeness (QED) is 0.329. The SMILES string of the molecule is COc1cccc2cc(-c3nnc(Nc4ccc(Oc5ccccc5)cc4)s3)c(=O)oc12. The molecule has 8 heteroatoms. The van der Waals surface area contributed by atoms with Gasteiger partial charge in [-0.1, -0.05) is 41.7 Å². The van der Waals surface area contributed by atoms with Crippen LogP contribution in [0, 0.1) is 0 Å². The molecule has 0 aliphatic carbocycles. The molecule has 3 aromatic carbocycles. The van der Waals surface area contributed by atoms with Crippen LogP contribution in [-0.2, 0) is 0 Å². The minimum absolute atomic E-state index is 0.350. The summed E-state index contributed by atoms with van der Waals surface area (Å²) in [6.45, 7) is 0. The highest BCUT2D eigenvalue weighted by Gasteiger charge is 2.15. The average Bonchev–Trinajstić information content (AvgIpc) is 3.28. The van der Waals surface area contributed by atoms with Gasteiger partial charge in [-0.05, 0) is 48.5 Å². The molecule has 7 nitrogen and oxygen atoms in total. The maximum absolute atomic E-state index is 12.5. The van der Waals surface area contributed by atoms with Crippen LogP contribution in [0.25, 0.3) is 21.5 Å². The molecule has 0 aliphatic rings. The zero-order valence-electron chi connectivity index (χ0n) is 16.9. The Morgan fingerprint density at radius 3 is 2.47 bits per heavy atom. The molecule has 0 spiro atoms. The van der Waals surface area contributed by atoms with Crippen LogP contribution < -0.4 is 20.4 Å². The van der Waals surface area contributed by atoms with E-state index < -0.39 is 5.63 Å². The third-order valence-electron chi connectivity index (χ3n) is 4.68. The van der Waals surface area contributed by atoms with Crippen molar-refractivity contribution in [3.63, 3.8) is 0 Å². The second-order valence-corrected chi connectivity index (χ2v) is 7.78. The lowest BCUT2D eigenvalue weighted by Gasteiger charge is -2.07. The molecule has 2 aromatic heterocycles. The summed E-state index contributed by atoms with van der Waals surface area (Å²) in [5, 5.41) is 13.3. The maximum Gasteiger partial charge on any atom is 0.346 e. The number of nitrogens with zero attached hydrogens (tertiary/aromatic N) is 2. The smallest absolute Gasteiger partial charge is 0.346 e. The molecule has 0 amide bonds. The zero-order chi connectivity index (χ0) is 21.9. The number of nitrogens with one attached hydrogen (secondary N) is 1. The largest absolute Gasteiger partial charge is 0.493 e. The van der Waals surface area contributed by atoms with Crippen molar-refractivity contribution in [2.75, 3.05) is 12.4 Å². The van der Waals surface area contributed by atoms with Crippen molar-refractivity contribution in [1.29, 1.82) is 0 Å². The first kappa shape index (κ1) is 19.8. The van der Waals surface area contributed by atoms with E-state index in [9.17, 15) is 4.79 Å². The second-order valence-electron chi connectivity index (χ2n) is 6.80. The summed E-state index contributed by atoms with van der Waals surface area (Å²) < 4.78 is 16.5. The lowest BCUT2D eigenvalue weighted by atomic mass is 10.2. The molecule has 0 saturated heterocycles. The first-order chi connectivity index (χ1) is 15.7. The molecule has 2 heterocycles. The Bertz CT molecular complexity index is 1430. The molecular formula is C24H17N3O4S. The minimum atomic E-state index is -0.493. The molecule has 5 aromatic rings. The second kappa shape index (κ2) is 8.52. The first-order valence-electron chi connectivity index (χ1n) is 9.74. The van der Waals surface area contributed by atoms with E-state index in [1.54, 1.807) is 12.1 Å². The van der Waals surface area contributed by atoms with E-state index in [1.165, 1.54) is 18.4 Å². The molecule has 1 N–H and O–H groups in total. The van der Waals surface area contributed by atoms with E-state index >= 15 is 0 Å². The van der Waals surface area contributed by atoms with Gasteiger partial charge < -0.3 is 19.2 Å². The van der Waals surface area contributed by atoms with Crippen molar-refractivity contribution in [2.45, 2.75) is 0 Å². The molecule has 0 bridgehead atoms. The topological polar surface area (TPSA) is 86.5 Å². The predicted molar refractivity (Wildman–Crippen MR) is 124 cm³/mol. The van der Waals surface area contributed by atoms with Crippen molar-refractivity contribution >= 4 is 33.1 Å². The molecule has 0 fully saturated rings. The van der Waals surface area contributed by atoms with E-state index in [4.69, 9.17) is 13.9 Å². The Morgan fingerprint density at radius 1 is 0.906 bits per heavy atom. The van der Waals surface area contributed by atoms with Crippen LogP contribution in [-0.4, -0.2) is 17.3 Å². The normalized spacial score (nSPS) is 10.8. The van der Waals surface area contributed by atoms with E-state index in [2.05, 4.69) is 15.5 Å². The number of fused-ring (bicyclic) bond motifs is 1. The van der Waals surface area contributed by atoms with Gasteiger partial charge in [0.25, 0.3) is 0 Å². The number of methoxy groups -OCH3 is 1. The van der Waals surface area contributed by atoms with Gasteiger partial charge in [-0.15, -0.1) is 10.2 Å². The van der Waals surface area contributed by atoms with Gasteiger partial charge >= 0.3 is 5.63 Å². The Balaban J connectivity index is 1.35. The van der Waals surface area contributed by atoms with Gasteiger partial charge in [0.15, 0.2) is 16.3 Å². The standard InChI is InChI=1S/C24H17N3O4S/c1-29-20-9-5-6-15-14-19(23(28)31-21(15)20)22-26-27-24(32-22)25-16-10-12-18(13-11-16)30-17-7-3-2-4-8-17/h2-14H,1H3,(H,25,27). The van der Waals surface area contributed by atoms with Crippen molar-refractivity contribution in [3.8, 4) is 27.8 Å². The van der Waals surface area contributed by atoms with Crippen LogP contribution in [0.5, 0.6) is 17.2 Å². The Hall–Kier alpha value is -4.17. The van der Waals surface area contributed by atoms with Crippen molar-refractivity contribution in [3.05, 3.63) is 89.3 Å². The Morgan fingerprint density at radius 2 is 1.69 bits per heavy atom. The number of ether oxygens (including phenoxy) is 2. The van der Waals surface area contributed by atoms with Gasteiger partial charge in [-0.2, -0.15) is 0 Å². The number of rotatable bonds is 6. The monoisotopic (exact) mass is 443 g/mol. The van der Waals surface area contributed by atoms with Gasteiger partial charge in [-0.25, -0.2) is 4.79 Å². The molecule has 5 rings (SSSR count). The summed E-state index contributed by atoms with van der Waals surface area (Å²) in [5.41, 5.74) is 1.09. The van der Waals surface area contributed by atoms with Crippen LogP contribution in [0.3, 0.4) is 0 Å². The van der Waals surface area contributed by atoms with Crippen LogP contribution in [0.4, 0.5) is 10.8 Å². The van der Waals surface area contributed by atoms with Gasteiger partial charge in [0.05, 0.1) is 12.7 Å². The Labute approximate surface area is 186 Å². The fourth-order valence-corrected chi connectivity index (χ4v) is 3.93. The van der Waals surface area contributed by atoms with E-state index in [0.29, 0.717) is 27.0 Å². The highest BCUT2D eigenvalue weighted by atomic mass is 32.1. The average molecular weight is 443 g/mol. The number of para-hydroxylation sites is 2. The van der Waals surface area contributed by atoms with Crippen LogP contribution in [0.2, 0.25) is 0 Å². The van der Waals surface area contributed by atoms with Crippen LogP contribution in [0.15, 0.2) is 88.1 Å². The number of hydrogen-bond acceptors (Lipinski definition) is 8. The highest BCUT2D eigenvalue weighted by Crippen LogP contribution is 2.31. The van der Waals surface area contributed by atoms with E-state index in [1.807, 2.05) is 66.7 Å². The lowest BCUT2D eigenvalue weighted by molar-refractivity contribution is 0.407. The van der Waals surface area contributed by atoms with Gasteiger partial charge in [0.1, 0.15) is 11.5 Å². The van der Waals surface area contributed by atoms with Crippen molar-refractivity contribution in [2.24, 2.45) is 0 Å². The van der Waals surface area contributed by atoms with Gasteiger partial charge in [-0.3, -0.25) is 0 Å². The Kier molecular flexibility index (Phi) is 5.27. The molecule has 0 saturated carbocycles. The fourth-order valence-electron chi connectivity index (χ4n) is 3.16. The summed E-state index contributed by atoms with van der Waals surface area (Å²) in [6.07, 6.45) is 0. The van der Waals surface area contributed by atoms with E-state index in [0.717, 1.165) is 22.6 Å². The highest BCUT2D eigenvalue weighted by molar-refractivity contribution is 7.18.